The Morgan fingerprint density at radius 1 is 1.14 bits per heavy atom. The number of carbonyl (C=O) groups is 2. The first-order valence-corrected chi connectivity index (χ1v) is 9.37. The molecule has 0 bridgehead atoms. The molecule has 1 atom stereocenters. The smallest absolute Gasteiger partial charge is 0.325 e. The highest BCUT2D eigenvalue weighted by molar-refractivity contribution is 6.30. The van der Waals surface area contributed by atoms with Crippen molar-refractivity contribution in [2.45, 2.75) is 24.9 Å². The van der Waals surface area contributed by atoms with Crippen LogP contribution in [0.25, 0.3) is 11.5 Å². The molecule has 1 N–H and O–H groups in total. The summed E-state index contributed by atoms with van der Waals surface area (Å²) in [6, 6.07) is 14.5. The molecule has 1 aromatic heterocycles. The van der Waals surface area contributed by atoms with Crippen LogP contribution in [0.1, 0.15) is 23.2 Å². The van der Waals surface area contributed by atoms with Crippen LogP contribution in [0, 0.1) is 0 Å². The van der Waals surface area contributed by atoms with E-state index in [4.69, 9.17) is 16.0 Å². The number of imide groups is 1. The Morgan fingerprint density at radius 3 is 2.75 bits per heavy atom. The fourth-order valence-corrected chi connectivity index (χ4v) is 4.13. The number of urea groups is 1. The van der Waals surface area contributed by atoms with Gasteiger partial charge in [0.25, 0.3) is 5.91 Å². The quantitative estimate of drug-likeness (QED) is 0.685. The van der Waals surface area contributed by atoms with Crippen LogP contribution in [0.4, 0.5) is 4.79 Å². The molecule has 3 aromatic rings. The lowest BCUT2D eigenvalue weighted by Gasteiger charge is -2.22. The summed E-state index contributed by atoms with van der Waals surface area (Å²) in [7, 11) is 0. The molecule has 1 aliphatic heterocycles. The number of benzene rings is 2. The van der Waals surface area contributed by atoms with E-state index in [0.29, 0.717) is 23.0 Å². The third kappa shape index (κ3) is 2.52. The van der Waals surface area contributed by atoms with Crippen LogP contribution in [0.15, 0.2) is 59.2 Å². The van der Waals surface area contributed by atoms with Gasteiger partial charge in [0.1, 0.15) is 11.8 Å². The van der Waals surface area contributed by atoms with Gasteiger partial charge in [-0.2, -0.15) is 0 Å². The van der Waals surface area contributed by atoms with Crippen LogP contribution in [0.3, 0.4) is 0 Å². The third-order valence-corrected chi connectivity index (χ3v) is 5.64. The molecule has 1 saturated heterocycles. The first-order chi connectivity index (χ1) is 13.6. The van der Waals surface area contributed by atoms with Crippen molar-refractivity contribution in [3.05, 3.63) is 76.6 Å². The lowest BCUT2D eigenvalue weighted by molar-refractivity contribution is -0.132. The lowest BCUT2D eigenvalue weighted by atomic mass is 9.92. The maximum atomic E-state index is 13.2. The highest BCUT2D eigenvalue weighted by Gasteiger charge is 2.55. The zero-order valence-electron chi connectivity index (χ0n) is 14.8. The molecule has 5 rings (SSSR count). The van der Waals surface area contributed by atoms with Crippen molar-refractivity contribution < 1.29 is 14.0 Å². The van der Waals surface area contributed by atoms with Crippen LogP contribution in [0.2, 0.25) is 5.02 Å². The molecule has 0 radical (unpaired) electrons. The lowest BCUT2D eigenvalue weighted by Crippen LogP contribution is -2.41. The second kappa shape index (κ2) is 6.21. The normalized spacial score (nSPS) is 20.7. The Kier molecular flexibility index (Phi) is 3.77. The average molecular weight is 394 g/mol. The van der Waals surface area contributed by atoms with Gasteiger partial charge in [-0.3, -0.25) is 9.69 Å². The summed E-state index contributed by atoms with van der Waals surface area (Å²) in [4.78, 5) is 31.4. The van der Waals surface area contributed by atoms with Gasteiger partial charge in [0.15, 0.2) is 0 Å². The number of oxazole rings is 1. The van der Waals surface area contributed by atoms with Crippen molar-refractivity contribution >= 4 is 23.5 Å². The maximum absolute atomic E-state index is 13.2. The monoisotopic (exact) mass is 393 g/mol. The summed E-state index contributed by atoms with van der Waals surface area (Å²) in [5.41, 5.74) is 2.31. The number of carbonyl (C=O) groups excluding carboxylic acids is 2. The van der Waals surface area contributed by atoms with E-state index in [0.717, 1.165) is 23.1 Å². The fraction of sp³-hybridized carbons (Fsp3) is 0.190. The summed E-state index contributed by atoms with van der Waals surface area (Å²) < 4.78 is 5.52. The van der Waals surface area contributed by atoms with Crippen molar-refractivity contribution in [3.8, 4) is 11.5 Å². The maximum Gasteiger partial charge on any atom is 0.325 e. The molecule has 28 heavy (non-hydrogen) atoms. The van der Waals surface area contributed by atoms with Crippen LogP contribution < -0.4 is 5.32 Å². The van der Waals surface area contributed by atoms with Crippen molar-refractivity contribution in [3.63, 3.8) is 0 Å². The number of hydrogen-bond donors (Lipinski definition) is 1. The molecule has 2 heterocycles. The number of aromatic nitrogens is 1. The summed E-state index contributed by atoms with van der Waals surface area (Å²) in [5, 5.41) is 3.54. The second-order valence-corrected chi connectivity index (χ2v) is 7.47. The van der Waals surface area contributed by atoms with Gasteiger partial charge in [-0.1, -0.05) is 35.9 Å². The van der Waals surface area contributed by atoms with Crippen molar-refractivity contribution in [1.29, 1.82) is 0 Å². The predicted octanol–water partition coefficient (Wildman–Crippen LogP) is 3.89. The zero-order valence-corrected chi connectivity index (χ0v) is 15.6. The molecule has 1 unspecified atom stereocenters. The average Bonchev–Trinajstić information content (AvgIpc) is 3.37. The zero-order chi connectivity index (χ0) is 19.3. The molecular weight excluding hydrogens is 378 g/mol. The Balaban J connectivity index is 1.40. The number of hydrogen-bond acceptors (Lipinski definition) is 4. The molecule has 1 fully saturated rings. The van der Waals surface area contributed by atoms with E-state index in [1.54, 1.807) is 24.3 Å². The molecule has 140 valence electrons. The highest BCUT2D eigenvalue weighted by Crippen LogP contribution is 2.41. The molecule has 1 aliphatic carbocycles. The topological polar surface area (TPSA) is 75.4 Å². The van der Waals surface area contributed by atoms with Gasteiger partial charge in [0.05, 0.1) is 12.2 Å². The first kappa shape index (κ1) is 17.0. The van der Waals surface area contributed by atoms with Crippen LogP contribution >= 0.6 is 11.6 Å². The summed E-state index contributed by atoms with van der Waals surface area (Å²) in [6.07, 6.45) is 2.81. The number of nitrogens with one attached hydrogen (secondary N) is 1. The van der Waals surface area contributed by atoms with E-state index < -0.39 is 11.6 Å². The number of amides is 3. The van der Waals surface area contributed by atoms with Gasteiger partial charge in [-0.25, -0.2) is 9.78 Å². The Bertz CT molecular complexity index is 1090. The standard InChI is InChI=1S/C21H16ClN3O3/c22-15-7-5-14(6-8-15)18-23-16(12-28-18)11-25-19(26)21(24-20(25)27)10-9-13-3-1-2-4-17(13)21/h1-8,12H,9-11H2,(H,24,27). The fourth-order valence-electron chi connectivity index (χ4n) is 4.00. The van der Waals surface area contributed by atoms with Gasteiger partial charge in [-0.05, 0) is 48.2 Å². The van der Waals surface area contributed by atoms with E-state index in [1.165, 1.54) is 11.2 Å². The number of nitrogens with zero attached hydrogens (tertiary/aromatic N) is 2. The van der Waals surface area contributed by atoms with Crippen molar-refractivity contribution in [2.24, 2.45) is 0 Å². The molecule has 3 amide bonds. The van der Waals surface area contributed by atoms with E-state index in [-0.39, 0.29) is 12.5 Å². The molecule has 7 heteroatoms. The second-order valence-electron chi connectivity index (χ2n) is 7.03. The van der Waals surface area contributed by atoms with Crippen molar-refractivity contribution in [1.82, 2.24) is 15.2 Å². The van der Waals surface area contributed by atoms with Crippen molar-refractivity contribution in [2.75, 3.05) is 0 Å². The minimum absolute atomic E-state index is 0.0612. The number of fused-ring (bicyclic) bond motifs is 2. The summed E-state index contributed by atoms with van der Waals surface area (Å²) >= 11 is 5.91. The van der Waals surface area contributed by atoms with Gasteiger partial charge in [0.2, 0.25) is 5.89 Å². The number of aryl methyl sites for hydroxylation is 1. The van der Waals surface area contributed by atoms with E-state index in [1.807, 2.05) is 24.3 Å². The first-order valence-electron chi connectivity index (χ1n) is 9.00. The SMILES string of the molecule is O=C1NC2(CCc3ccccc32)C(=O)N1Cc1coc(-c2ccc(Cl)cc2)n1. The highest BCUT2D eigenvalue weighted by atomic mass is 35.5. The molecule has 6 nitrogen and oxygen atoms in total. The molecular formula is C21H16ClN3O3. The van der Waals surface area contributed by atoms with E-state index in [2.05, 4.69) is 10.3 Å². The Hall–Kier alpha value is -3.12. The predicted molar refractivity (Wildman–Crippen MR) is 102 cm³/mol. The minimum atomic E-state index is -0.962. The molecule has 1 spiro atoms. The van der Waals surface area contributed by atoms with E-state index in [9.17, 15) is 9.59 Å². The molecule has 2 aromatic carbocycles. The van der Waals surface area contributed by atoms with Gasteiger partial charge in [-0.15, -0.1) is 0 Å². The van der Waals surface area contributed by atoms with Crippen LogP contribution in [0.5, 0.6) is 0 Å². The number of halogens is 1. The number of rotatable bonds is 3. The van der Waals surface area contributed by atoms with Crippen LogP contribution in [-0.4, -0.2) is 21.8 Å². The largest absolute Gasteiger partial charge is 0.444 e. The van der Waals surface area contributed by atoms with Gasteiger partial charge >= 0.3 is 6.03 Å². The van der Waals surface area contributed by atoms with Crippen LogP contribution in [-0.2, 0) is 23.3 Å². The molecule has 2 aliphatic rings. The minimum Gasteiger partial charge on any atom is -0.444 e. The summed E-state index contributed by atoms with van der Waals surface area (Å²) in [6.45, 7) is 0.0612. The summed E-state index contributed by atoms with van der Waals surface area (Å²) in [5.74, 6) is 0.179. The Morgan fingerprint density at radius 2 is 1.93 bits per heavy atom. The Labute approximate surface area is 166 Å². The van der Waals surface area contributed by atoms with Gasteiger partial charge in [0, 0.05) is 10.6 Å². The van der Waals surface area contributed by atoms with E-state index >= 15 is 0 Å². The van der Waals surface area contributed by atoms with Gasteiger partial charge < -0.3 is 9.73 Å². The third-order valence-electron chi connectivity index (χ3n) is 5.39. The molecule has 0 saturated carbocycles.